The van der Waals surface area contributed by atoms with Crippen molar-refractivity contribution in [1.82, 2.24) is 15.3 Å². The van der Waals surface area contributed by atoms with Crippen molar-refractivity contribution in [2.45, 2.75) is 57.3 Å². The number of aryl methyl sites for hydroxylation is 2. The first-order valence-corrected chi connectivity index (χ1v) is 13.0. The van der Waals surface area contributed by atoms with Crippen molar-refractivity contribution in [3.05, 3.63) is 64.6 Å². The summed E-state index contributed by atoms with van der Waals surface area (Å²) >= 11 is 0. The second-order valence-electron chi connectivity index (χ2n) is 10.6. The van der Waals surface area contributed by atoms with Crippen LogP contribution in [-0.2, 0) is 12.8 Å². The molecule has 0 saturated heterocycles. The largest absolute Gasteiger partial charge is 0.363 e. The van der Waals surface area contributed by atoms with Crippen LogP contribution in [0.25, 0.3) is 11.3 Å². The number of anilines is 2. The Bertz CT molecular complexity index is 1360. The number of rotatable bonds is 5. The maximum Gasteiger partial charge on any atom is 0.110 e. The molecule has 1 aromatic heterocycles. The zero-order valence-corrected chi connectivity index (χ0v) is 20.1. The van der Waals surface area contributed by atoms with Crippen molar-refractivity contribution in [3.8, 4) is 23.1 Å². The molecule has 6 N–H and O–H groups in total. The summed E-state index contributed by atoms with van der Waals surface area (Å²) < 4.78 is 0. The third-order valence-corrected chi connectivity index (χ3v) is 8.26. The summed E-state index contributed by atoms with van der Waals surface area (Å²) in [5.74, 6) is 10.6. The topological polar surface area (TPSA) is 90.8 Å². The fraction of sp³-hybridized carbons (Fsp3) is 0.414. The minimum Gasteiger partial charge on any atom is -0.363 e. The minimum absolute atomic E-state index is 0.0234. The predicted molar refractivity (Wildman–Crippen MR) is 140 cm³/mol. The molecule has 0 radical (unpaired) electrons. The molecule has 3 unspecified atom stereocenters. The SMILES string of the molecule is CCC(N)NCC1Nc2ccc(C#Cc3ccc4c(c3)CCc3[nH]c([C@@H]5C[C@H]6CC65)nc3-4)cc2N1. The molecule has 2 saturated carbocycles. The molecule has 35 heavy (non-hydrogen) atoms. The number of imidazole rings is 1. The lowest BCUT2D eigenvalue weighted by Gasteiger charge is -2.22. The molecule has 178 valence electrons. The summed E-state index contributed by atoms with van der Waals surface area (Å²) in [6, 6.07) is 12.9. The quantitative estimate of drug-likeness (QED) is 0.289. The van der Waals surface area contributed by atoms with Crippen LogP contribution in [0, 0.1) is 23.7 Å². The molecule has 7 rings (SSSR count). The maximum absolute atomic E-state index is 5.98. The normalized spacial score (nSPS) is 25.4. The number of hydrogen-bond acceptors (Lipinski definition) is 5. The molecule has 5 atom stereocenters. The lowest BCUT2D eigenvalue weighted by atomic mass is 9.85. The van der Waals surface area contributed by atoms with E-state index >= 15 is 0 Å². The Morgan fingerprint density at radius 3 is 2.69 bits per heavy atom. The van der Waals surface area contributed by atoms with Gasteiger partial charge in [0.25, 0.3) is 0 Å². The third-order valence-electron chi connectivity index (χ3n) is 8.26. The zero-order valence-electron chi connectivity index (χ0n) is 20.1. The molecule has 2 heterocycles. The second-order valence-corrected chi connectivity index (χ2v) is 10.6. The van der Waals surface area contributed by atoms with Gasteiger partial charge in [-0.2, -0.15) is 0 Å². The van der Waals surface area contributed by atoms with Crippen molar-refractivity contribution in [2.24, 2.45) is 17.6 Å². The van der Waals surface area contributed by atoms with Gasteiger partial charge in [0.15, 0.2) is 0 Å². The average molecular weight is 465 g/mol. The highest BCUT2D eigenvalue weighted by Crippen LogP contribution is 2.63. The van der Waals surface area contributed by atoms with Crippen LogP contribution in [0.4, 0.5) is 11.4 Å². The fourth-order valence-electron chi connectivity index (χ4n) is 5.97. The van der Waals surface area contributed by atoms with Crippen LogP contribution in [0.1, 0.15) is 60.3 Å². The number of hydrogen-bond donors (Lipinski definition) is 5. The zero-order chi connectivity index (χ0) is 23.5. The van der Waals surface area contributed by atoms with Gasteiger partial charge >= 0.3 is 0 Å². The van der Waals surface area contributed by atoms with Crippen molar-refractivity contribution < 1.29 is 0 Å². The highest BCUT2D eigenvalue weighted by Gasteiger charge is 2.55. The number of nitrogens with one attached hydrogen (secondary N) is 4. The van der Waals surface area contributed by atoms with Gasteiger partial charge in [0.05, 0.1) is 23.2 Å². The number of nitrogens with zero attached hydrogens (tertiary/aromatic N) is 1. The summed E-state index contributed by atoms with van der Waals surface area (Å²) in [5.41, 5.74) is 15.4. The Morgan fingerprint density at radius 2 is 1.89 bits per heavy atom. The van der Waals surface area contributed by atoms with Crippen LogP contribution in [0.5, 0.6) is 0 Å². The molecule has 0 amide bonds. The molecule has 6 heteroatoms. The van der Waals surface area contributed by atoms with E-state index in [1.54, 1.807) is 0 Å². The lowest BCUT2D eigenvalue weighted by molar-refractivity contribution is 0.374. The van der Waals surface area contributed by atoms with E-state index in [1.165, 1.54) is 41.2 Å². The van der Waals surface area contributed by atoms with Crippen LogP contribution in [0.2, 0.25) is 0 Å². The van der Waals surface area contributed by atoms with Gasteiger partial charge in [0.2, 0.25) is 0 Å². The molecular weight excluding hydrogens is 432 g/mol. The molecule has 2 fully saturated rings. The Balaban J connectivity index is 1.06. The van der Waals surface area contributed by atoms with Gasteiger partial charge in [-0.25, -0.2) is 4.98 Å². The molecule has 2 aromatic carbocycles. The highest BCUT2D eigenvalue weighted by molar-refractivity contribution is 5.76. The molecule has 6 nitrogen and oxygen atoms in total. The van der Waals surface area contributed by atoms with Crippen LogP contribution < -0.4 is 21.7 Å². The van der Waals surface area contributed by atoms with Gasteiger partial charge in [0, 0.05) is 34.8 Å². The lowest BCUT2D eigenvalue weighted by Crippen LogP contribution is -2.44. The number of H-pyrrole nitrogens is 1. The summed E-state index contributed by atoms with van der Waals surface area (Å²) in [4.78, 5) is 8.74. The number of aromatic amines is 1. The van der Waals surface area contributed by atoms with Gasteiger partial charge < -0.3 is 21.4 Å². The summed E-state index contributed by atoms with van der Waals surface area (Å²) in [6.07, 6.45) is 5.89. The summed E-state index contributed by atoms with van der Waals surface area (Å²) in [7, 11) is 0. The van der Waals surface area contributed by atoms with Crippen molar-refractivity contribution in [3.63, 3.8) is 0 Å². The van der Waals surface area contributed by atoms with E-state index in [4.69, 9.17) is 10.7 Å². The van der Waals surface area contributed by atoms with Crippen molar-refractivity contribution in [1.29, 1.82) is 0 Å². The van der Waals surface area contributed by atoms with E-state index in [-0.39, 0.29) is 12.3 Å². The highest BCUT2D eigenvalue weighted by atomic mass is 15.2. The molecule has 0 spiro atoms. The maximum atomic E-state index is 5.98. The van der Waals surface area contributed by atoms with Crippen molar-refractivity contribution in [2.75, 3.05) is 17.2 Å². The Labute approximate surface area is 206 Å². The van der Waals surface area contributed by atoms with E-state index in [9.17, 15) is 0 Å². The average Bonchev–Trinajstić information content (AvgIpc) is 3.20. The van der Waals surface area contributed by atoms with Gasteiger partial charge in [-0.05, 0) is 79.8 Å². The minimum atomic E-state index is 0.0234. The molecular formula is C29H32N6. The Hall–Kier alpha value is -3.27. The summed E-state index contributed by atoms with van der Waals surface area (Å²) in [6.45, 7) is 2.85. The Kier molecular flexibility index (Phi) is 4.90. The van der Waals surface area contributed by atoms with E-state index in [0.717, 1.165) is 60.1 Å². The van der Waals surface area contributed by atoms with E-state index in [0.29, 0.717) is 5.92 Å². The fourth-order valence-corrected chi connectivity index (χ4v) is 5.97. The van der Waals surface area contributed by atoms with Crippen LogP contribution in [0.3, 0.4) is 0 Å². The third kappa shape index (κ3) is 3.80. The molecule has 3 aromatic rings. The summed E-state index contributed by atoms with van der Waals surface area (Å²) in [5, 5.41) is 10.3. The van der Waals surface area contributed by atoms with Crippen LogP contribution in [-0.4, -0.2) is 28.8 Å². The first-order chi connectivity index (χ1) is 17.1. The van der Waals surface area contributed by atoms with Gasteiger partial charge in [-0.15, -0.1) is 0 Å². The molecule has 1 aliphatic heterocycles. The molecule has 3 aliphatic carbocycles. The van der Waals surface area contributed by atoms with Crippen LogP contribution >= 0.6 is 0 Å². The monoisotopic (exact) mass is 464 g/mol. The van der Waals surface area contributed by atoms with Gasteiger partial charge in [0.1, 0.15) is 12.0 Å². The van der Waals surface area contributed by atoms with E-state index < -0.39 is 0 Å². The number of aromatic nitrogens is 2. The smallest absolute Gasteiger partial charge is 0.110 e. The Morgan fingerprint density at radius 1 is 1.06 bits per heavy atom. The predicted octanol–water partition coefficient (Wildman–Crippen LogP) is 4.15. The molecule has 0 bridgehead atoms. The first-order valence-electron chi connectivity index (χ1n) is 13.0. The van der Waals surface area contributed by atoms with Crippen LogP contribution in [0.15, 0.2) is 36.4 Å². The number of fused-ring (bicyclic) bond motifs is 5. The number of benzene rings is 2. The van der Waals surface area contributed by atoms with Gasteiger partial charge in [-0.1, -0.05) is 24.8 Å². The first kappa shape index (κ1) is 21.0. The van der Waals surface area contributed by atoms with E-state index in [1.807, 2.05) is 0 Å². The van der Waals surface area contributed by atoms with E-state index in [2.05, 4.69) is 76.1 Å². The van der Waals surface area contributed by atoms with Gasteiger partial charge in [-0.3, -0.25) is 5.32 Å². The molecule has 4 aliphatic rings. The number of nitrogens with two attached hydrogens (primary N) is 1. The van der Waals surface area contributed by atoms with Crippen molar-refractivity contribution >= 4 is 11.4 Å². The standard InChI is InChI=1S/C29H32N6/c1-2-26(30)31-15-27-32-23-9-6-17(12-25(23)33-27)4-3-16-5-8-20-18(11-16)7-10-24-28(20)35-29(34-24)22-14-19-13-21(19)22/h5-6,8-9,11-12,19,21-22,26-27,31-33H,2,7,10,13-15,30H2,1H3,(H,34,35)/t19-,21?,22-,26?,27?/m1/s1. The second kappa shape index (κ2) is 8.15.